The van der Waals surface area contributed by atoms with Crippen LogP contribution in [0.5, 0.6) is 0 Å². The predicted molar refractivity (Wildman–Crippen MR) is 62.2 cm³/mol. The number of aliphatic hydroxyl groups excluding tert-OH is 1. The van der Waals surface area contributed by atoms with E-state index in [1.807, 2.05) is 26.0 Å². The number of carbonyl (C=O) groups excluding carboxylic acids is 1. The Morgan fingerprint density at radius 1 is 1.56 bits per heavy atom. The summed E-state index contributed by atoms with van der Waals surface area (Å²) in [7, 11) is 0. The van der Waals surface area contributed by atoms with Gasteiger partial charge in [0.05, 0.1) is 0 Å². The molecule has 1 amide bonds. The molecular formula is C12H18N2O2. The molecule has 0 aliphatic carbocycles. The molecule has 1 rings (SSSR count). The molecule has 0 saturated carbocycles. The zero-order valence-electron chi connectivity index (χ0n) is 9.73. The van der Waals surface area contributed by atoms with E-state index in [0.717, 1.165) is 5.69 Å². The molecule has 0 saturated heterocycles. The molecule has 2 N–H and O–H groups in total. The molecule has 0 aromatic carbocycles. The van der Waals surface area contributed by atoms with Crippen molar-refractivity contribution >= 4 is 5.91 Å². The summed E-state index contributed by atoms with van der Waals surface area (Å²) in [5.41, 5.74) is 1.27. The lowest BCUT2D eigenvalue weighted by molar-refractivity contribution is 0.0940. The summed E-state index contributed by atoms with van der Waals surface area (Å²) in [5.74, 6) is 0.118. The van der Waals surface area contributed by atoms with Gasteiger partial charge in [-0.1, -0.05) is 13.0 Å². The normalized spacial score (nSPS) is 12.2. The Morgan fingerprint density at radius 2 is 2.31 bits per heavy atom. The summed E-state index contributed by atoms with van der Waals surface area (Å²) in [6, 6.07) is 5.36. The summed E-state index contributed by atoms with van der Waals surface area (Å²) < 4.78 is 0. The minimum atomic E-state index is -0.159. The fourth-order valence-corrected chi connectivity index (χ4v) is 1.35. The molecular weight excluding hydrogens is 204 g/mol. The lowest BCUT2D eigenvalue weighted by Gasteiger charge is -2.10. The number of nitrogens with one attached hydrogen (secondary N) is 1. The van der Waals surface area contributed by atoms with Crippen LogP contribution in [-0.4, -0.2) is 29.1 Å². The highest BCUT2D eigenvalue weighted by molar-refractivity contribution is 5.92. The van der Waals surface area contributed by atoms with Crippen molar-refractivity contribution < 1.29 is 9.90 Å². The molecule has 0 radical (unpaired) electrons. The number of hydrogen-bond acceptors (Lipinski definition) is 3. The highest BCUT2D eigenvalue weighted by Gasteiger charge is 2.08. The molecule has 1 unspecified atom stereocenters. The molecule has 88 valence electrons. The third-order valence-corrected chi connectivity index (χ3v) is 2.35. The molecule has 4 heteroatoms. The molecule has 0 aliphatic heterocycles. The zero-order chi connectivity index (χ0) is 12.0. The SMILES string of the molecule is Cc1cccc(C(=O)NCC(C)CCO)n1. The fraction of sp³-hybridized carbons (Fsp3) is 0.500. The van der Waals surface area contributed by atoms with Gasteiger partial charge in [-0.15, -0.1) is 0 Å². The smallest absolute Gasteiger partial charge is 0.269 e. The van der Waals surface area contributed by atoms with Gasteiger partial charge in [-0.2, -0.15) is 0 Å². The lowest BCUT2D eigenvalue weighted by atomic mass is 10.1. The number of amides is 1. The molecule has 1 aromatic rings. The van der Waals surface area contributed by atoms with E-state index >= 15 is 0 Å². The maximum Gasteiger partial charge on any atom is 0.269 e. The van der Waals surface area contributed by atoms with Crippen molar-refractivity contribution in [3.05, 3.63) is 29.6 Å². The first-order valence-corrected chi connectivity index (χ1v) is 5.46. The van der Waals surface area contributed by atoms with Gasteiger partial charge in [-0.3, -0.25) is 4.79 Å². The number of pyridine rings is 1. The minimum absolute atomic E-state index is 0.153. The Morgan fingerprint density at radius 3 is 2.94 bits per heavy atom. The summed E-state index contributed by atoms with van der Waals surface area (Å²) in [6.45, 7) is 4.56. The molecule has 0 aliphatic rings. The van der Waals surface area contributed by atoms with Crippen molar-refractivity contribution in [2.24, 2.45) is 5.92 Å². The standard InChI is InChI=1S/C12H18N2O2/c1-9(6-7-15)8-13-12(16)11-5-3-4-10(2)14-11/h3-5,9,15H,6-8H2,1-2H3,(H,13,16). The largest absolute Gasteiger partial charge is 0.396 e. The number of carbonyl (C=O) groups is 1. The van der Waals surface area contributed by atoms with Crippen molar-refractivity contribution in [2.45, 2.75) is 20.3 Å². The number of aryl methyl sites for hydroxylation is 1. The average Bonchev–Trinajstić information content (AvgIpc) is 2.26. The Hall–Kier alpha value is -1.42. The Balaban J connectivity index is 2.47. The monoisotopic (exact) mass is 222 g/mol. The van der Waals surface area contributed by atoms with E-state index in [9.17, 15) is 4.79 Å². The molecule has 0 fully saturated rings. The maximum absolute atomic E-state index is 11.7. The molecule has 0 spiro atoms. The van der Waals surface area contributed by atoms with Crippen molar-refractivity contribution in [1.82, 2.24) is 10.3 Å². The molecule has 0 bridgehead atoms. The van der Waals surface area contributed by atoms with E-state index in [2.05, 4.69) is 10.3 Å². The summed E-state index contributed by atoms with van der Waals surface area (Å²) in [6.07, 6.45) is 0.696. The van der Waals surface area contributed by atoms with Crippen LogP contribution < -0.4 is 5.32 Å². The second kappa shape index (κ2) is 6.23. The summed E-state index contributed by atoms with van der Waals surface area (Å²) in [4.78, 5) is 15.8. The lowest BCUT2D eigenvalue weighted by Crippen LogP contribution is -2.29. The Labute approximate surface area is 95.7 Å². The molecule has 16 heavy (non-hydrogen) atoms. The van der Waals surface area contributed by atoms with Crippen LogP contribution in [-0.2, 0) is 0 Å². The first kappa shape index (κ1) is 12.6. The van der Waals surface area contributed by atoms with Gasteiger partial charge in [0.15, 0.2) is 0 Å². The van der Waals surface area contributed by atoms with Crippen molar-refractivity contribution in [3.8, 4) is 0 Å². The van der Waals surface area contributed by atoms with E-state index in [1.54, 1.807) is 6.07 Å². The first-order chi connectivity index (χ1) is 7.63. The topological polar surface area (TPSA) is 62.2 Å². The van der Waals surface area contributed by atoms with Crippen LogP contribution in [0.15, 0.2) is 18.2 Å². The first-order valence-electron chi connectivity index (χ1n) is 5.46. The van der Waals surface area contributed by atoms with Crippen molar-refractivity contribution in [2.75, 3.05) is 13.2 Å². The van der Waals surface area contributed by atoms with E-state index in [1.165, 1.54) is 0 Å². The van der Waals surface area contributed by atoms with Gasteiger partial charge >= 0.3 is 0 Å². The molecule has 1 heterocycles. The Bertz CT molecular complexity index is 353. The molecule has 1 aromatic heterocycles. The highest BCUT2D eigenvalue weighted by atomic mass is 16.3. The van der Waals surface area contributed by atoms with Gasteiger partial charge in [0.1, 0.15) is 5.69 Å². The van der Waals surface area contributed by atoms with Crippen LogP contribution in [0.2, 0.25) is 0 Å². The van der Waals surface area contributed by atoms with E-state index in [4.69, 9.17) is 5.11 Å². The van der Waals surface area contributed by atoms with Crippen LogP contribution in [0, 0.1) is 12.8 Å². The van der Waals surface area contributed by atoms with Gasteiger partial charge in [0.25, 0.3) is 5.91 Å². The molecule has 1 atom stereocenters. The van der Waals surface area contributed by atoms with E-state index in [-0.39, 0.29) is 18.4 Å². The van der Waals surface area contributed by atoms with E-state index < -0.39 is 0 Å². The van der Waals surface area contributed by atoms with Crippen molar-refractivity contribution in [1.29, 1.82) is 0 Å². The van der Waals surface area contributed by atoms with Gasteiger partial charge in [-0.25, -0.2) is 4.98 Å². The zero-order valence-corrected chi connectivity index (χ0v) is 9.73. The highest BCUT2D eigenvalue weighted by Crippen LogP contribution is 2.01. The minimum Gasteiger partial charge on any atom is -0.396 e. The molecule has 4 nitrogen and oxygen atoms in total. The number of hydrogen-bond donors (Lipinski definition) is 2. The second-order valence-electron chi connectivity index (χ2n) is 3.99. The number of nitrogens with zero attached hydrogens (tertiary/aromatic N) is 1. The summed E-state index contributed by atoms with van der Waals surface area (Å²) in [5, 5.41) is 11.5. The number of rotatable bonds is 5. The fourth-order valence-electron chi connectivity index (χ4n) is 1.35. The maximum atomic E-state index is 11.7. The van der Waals surface area contributed by atoms with Gasteiger partial charge in [0.2, 0.25) is 0 Å². The summed E-state index contributed by atoms with van der Waals surface area (Å²) >= 11 is 0. The second-order valence-corrected chi connectivity index (χ2v) is 3.99. The number of aliphatic hydroxyl groups is 1. The third-order valence-electron chi connectivity index (χ3n) is 2.35. The van der Waals surface area contributed by atoms with Crippen LogP contribution in [0.4, 0.5) is 0 Å². The van der Waals surface area contributed by atoms with Gasteiger partial charge in [-0.05, 0) is 31.4 Å². The van der Waals surface area contributed by atoms with Crippen LogP contribution in [0.25, 0.3) is 0 Å². The third kappa shape index (κ3) is 3.98. The quantitative estimate of drug-likeness (QED) is 0.785. The van der Waals surface area contributed by atoms with Gasteiger partial charge < -0.3 is 10.4 Å². The van der Waals surface area contributed by atoms with Crippen molar-refractivity contribution in [3.63, 3.8) is 0 Å². The van der Waals surface area contributed by atoms with E-state index in [0.29, 0.717) is 18.7 Å². The number of aromatic nitrogens is 1. The average molecular weight is 222 g/mol. The predicted octanol–water partition coefficient (Wildman–Crippen LogP) is 1.14. The van der Waals surface area contributed by atoms with Crippen LogP contribution >= 0.6 is 0 Å². The van der Waals surface area contributed by atoms with Crippen LogP contribution in [0.1, 0.15) is 29.5 Å². The van der Waals surface area contributed by atoms with Crippen LogP contribution in [0.3, 0.4) is 0 Å². The Kier molecular flexibility index (Phi) is 4.92. The van der Waals surface area contributed by atoms with Gasteiger partial charge in [0, 0.05) is 18.8 Å².